The van der Waals surface area contributed by atoms with Gasteiger partial charge in [-0.3, -0.25) is 4.99 Å². The highest BCUT2D eigenvalue weighted by Crippen LogP contribution is 2.37. The number of thiazole rings is 1. The van der Waals surface area contributed by atoms with Crippen LogP contribution in [-0.4, -0.2) is 28.5 Å². The molecule has 0 saturated carbocycles. The maximum Gasteiger partial charge on any atom is 0.128 e. The number of benzene rings is 3. The fourth-order valence-electron chi connectivity index (χ4n) is 2.67. The molecular weight excluding hydrogens is 360 g/mol. The first-order valence-corrected chi connectivity index (χ1v) is 9.06. The quantitative estimate of drug-likeness (QED) is 0.484. The van der Waals surface area contributed by atoms with Gasteiger partial charge in [0, 0.05) is 11.8 Å². The Morgan fingerprint density at radius 1 is 1.00 bits per heavy atom. The molecule has 0 atom stereocenters. The second-order valence-electron chi connectivity index (χ2n) is 5.87. The summed E-state index contributed by atoms with van der Waals surface area (Å²) in [5.74, 6) is 0.900. The normalized spacial score (nSPS) is 11.3. The van der Waals surface area contributed by atoms with Crippen molar-refractivity contribution in [2.45, 2.75) is 0 Å². The molecule has 4 aromatic rings. The molecule has 5 nitrogen and oxygen atoms in total. The Hall–Kier alpha value is -3.38. The van der Waals surface area contributed by atoms with Gasteiger partial charge >= 0.3 is 0 Å². The molecule has 0 aliphatic rings. The zero-order valence-corrected chi connectivity index (χ0v) is 15.3. The fourth-order valence-corrected chi connectivity index (χ4v) is 3.66. The lowest BCUT2D eigenvalue weighted by Crippen LogP contribution is -1.87. The first-order chi connectivity index (χ1) is 13.1. The Bertz CT molecular complexity index is 1120. The summed E-state index contributed by atoms with van der Waals surface area (Å²) in [5, 5.41) is 21.0. The molecule has 0 spiro atoms. The topological polar surface area (TPSA) is 74.9 Å². The predicted octanol–water partition coefficient (Wildman–Crippen LogP) is 5.13. The average Bonchev–Trinajstić information content (AvgIpc) is 3.12. The van der Waals surface area contributed by atoms with Gasteiger partial charge in [0.2, 0.25) is 0 Å². The Labute approximate surface area is 159 Å². The zero-order chi connectivity index (χ0) is 18.8. The first-order valence-electron chi connectivity index (χ1n) is 8.24. The van der Waals surface area contributed by atoms with Crippen LogP contribution in [0.25, 0.3) is 20.8 Å². The molecule has 1 heterocycles. The monoisotopic (exact) mass is 376 g/mol. The Morgan fingerprint density at radius 3 is 2.63 bits per heavy atom. The van der Waals surface area contributed by atoms with E-state index in [4.69, 9.17) is 4.74 Å². The number of hydrogen-bond donors (Lipinski definition) is 2. The van der Waals surface area contributed by atoms with Gasteiger partial charge in [-0.05, 0) is 48.5 Å². The van der Waals surface area contributed by atoms with Crippen molar-refractivity contribution in [2.24, 2.45) is 4.99 Å². The number of aromatic hydroxyl groups is 2. The summed E-state index contributed by atoms with van der Waals surface area (Å²) in [7, 11) is 1.57. The SMILES string of the molecule is COc1ccc(O)c(C=Nc2ccc(O)c(-c3nc4ccccc4s3)c2)c1. The van der Waals surface area contributed by atoms with Crippen LogP contribution in [0.3, 0.4) is 0 Å². The minimum atomic E-state index is 0.115. The summed E-state index contributed by atoms with van der Waals surface area (Å²) in [6.45, 7) is 0. The molecule has 0 saturated heterocycles. The van der Waals surface area contributed by atoms with E-state index in [1.54, 1.807) is 49.7 Å². The van der Waals surface area contributed by atoms with E-state index in [2.05, 4.69) is 9.98 Å². The van der Waals surface area contributed by atoms with Crippen LogP contribution >= 0.6 is 11.3 Å². The van der Waals surface area contributed by atoms with Gasteiger partial charge in [-0.15, -0.1) is 11.3 Å². The molecule has 2 N–H and O–H groups in total. The minimum Gasteiger partial charge on any atom is -0.507 e. The van der Waals surface area contributed by atoms with E-state index in [9.17, 15) is 10.2 Å². The number of hydrogen-bond acceptors (Lipinski definition) is 6. The number of aliphatic imine (C=N–C) groups is 1. The van der Waals surface area contributed by atoms with Crippen LogP contribution in [-0.2, 0) is 0 Å². The van der Waals surface area contributed by atoms with E-state index in [0.29, 0.717) is 22.6 Å². The van der Waals surface area contributed by atoms with Gasteiger partial charge in [-0.2, -0.15) is 0 Å². The molecular formula is C21H16N2O3S. The number of rotatable bonds is 4. The molecule has 0 radical (unpaired) electrons. The predicted molar refractivity (Wildman–Crippen MR) is 109 cm³/mol. The van der Waals surface area contributed by atoms with Gasteiger partial charge < -0.3 is 14.9 Å². The number of nitrogens with zero attached hydrogens (tertiary/aromatic N) is 2. The van der Waals surface area contributed by atoms with Crippen LogP contribution in [0.15, 0.2) is 65.7 Å². The van der Waals surface area contributed by atoms with Crippen LogP contribution in [0, 0.1) is 0 Å². The van der Waals surface area contributed by atoms with Crippen LogP contribution in [0.5, 0.6) is 17.2 Å². The highest BCUT2D eigenvalue weighted by atomic mass is 32.1. The van der Waals surface area contributed by atoms with Gasteiger partial charge in [0.15, 0.2) is 0 Å². The number of ether oxygens (including phenoxy) is 1. The van der Waals surface area contributed by atoms with Crippen molar-refractivity contribution in [3.05, 3.63) is 66.2 Å². The van der Waals surface area contributed by atoms with Gasteiger partial charge in [0.05, 0.1) is 28.6 Å². The lowest BCUT2D eigenvalue weighted by Gasteiger charge is -2.04. The maximum atomic E-state index is 10.3. The number of phenolic OH excluding ortho intramolecular Hbond substituents is 2. The largest absolute Gasteiger partial charge is 0.507 e. The highest BCUT2D eigenvalue weighted by molar-refractivity contribution is 7.21. The van der Waals surface area contributed by atoms with Crippen LogP contribution in [0.2, 0.25) is 0 Å². The van der Waals surface area contributed by atoms with Crippen LogP contribution < -0.4 is 4.74 Å². The van der Waals surface area contributed by atoms with E-state index in [1.807, 2.05) is 24.3 Å². The van der Waals surface area contributed by atoms with E-state index < -0.39 is 0 Å². The van der Waals surface area contributed by atoms with E-state index in [-0.39, 0.29) is 11.5 Å². The van der Waals surface area contributed by atoms with Crippen molar-refractivity contribution in [3.8, 4) is 27.8 Å². The molecule has 0 aliphatic carbocycles. The third-order valence-corrected chi connectivity index (χ3v) is 5.16. The summed E-state index contributed by atoms with van der Waals surface area (Å²) in [6.07, 6.45) is 1.56. The lowest BCUT2D eigenvalue weighted by atomic mass is 10.1. The number of phenols is 2. The fraction of sp³-hybridized carbons (Fsp3) is 0.0476. The van der Waals surface area contributed by atoms with Gasteiger partial charge in [0.1, 0.15) is 22.3 Å². The van der Waals surface area contributed by atoms with Crippen LogP contribution in [0.4, 0.5) is 5.69 Å². The van der Waals surface area contributed by atoms with Gasteiger partial charge in [0.25, 0.3) is 0 Å². The smallest absolute Gasteiger partial charge is 0.128 e. The van der Waals surface area contributed by atoms with E-state index in [0.717, 1.165) is 15.2 Å². The lowest BCUT2D eigenvalue weighted by molar-refractivity contribution is 0.412. The Kier molecular flexibility index (Phi) is 4.48. The number of fused-ring (bicyclic) bond motifs is 1. The summed E-state index contributed by atoms with van der Waals surface area (Å²) in [6, 6.07) is 17.9. The van der Waals surface area contributed by atoms with Crippen molar-refractivity contribution in [2.75, 3.05) is 7.11 Å². The molecule has 4 rings (SSSR count). The molecule has 0 amide bonds. The third kappa shape index (κ3) is 3.47. The van der Waals surface area contributed by atoms with Crippen molar-refractivity contribution < 1.29 is 14.9 Å². The molecule has 6 heteroatoms. The maximum absolute atomic E-state index is 10.3. The number of methoxy groups -OCH3 is 1. The molecule has 27 heavy (non-hydrogen) atoms. The molecule has 1 aromatic heterocycles. The minimum absolute atomic E-state index is 0.115. The number of aromatic nitrogens is 1. The van der Waals surface area contributed by atoms with Crippen molar-refractivity contribution in [3.63, 3.8) is 0 Å². The molecule has 0 aliphatic heterocycles. The molecule has 3 aromatic carbocycles. The Balaban J connectivity index is 1.70. The van der Waals surface area contributed by atoms with E-state index in [1.165, 1.54) is 11.3 Å². The highest BCUT2D eigenvalue weighted by Gasteiger charge is 2.11. The van der Waals surface area contributed by atoms with Crippen molar-refractivity contribution in [1.82, 2.24) is 4.98 Å². The summed E-state index contributed by atoms with van der Waals surface area (Å²) in [4.78, 5) is 9.01. The molecule has 0 fully saturated rings. The third-order valence-electron chi connectivity index (χ3n) is 4.09. The molecule has 0 unspecified atom stereocenters. The van der Waals surface area contributed by atoms with E-state index >= 15 is 0 Å². The van der Waals surface area contributed by atoms with Crippen LogP contribution in [0.1, 0.15) is 5.56 Å². The summed E-state index contributed by atoms with van der Waals surface area (Å²) < 4.78 is 6.23. The average molecular weight is 376 g/mol. The van der Waals surface area contributed by atoms with Gasteiger partial charge in [-0.25, -0.2) is 4.98 Å². The molecule has 134 valence electrons. The second kappa shape index (κ2) is 7.09. The summed E-state index contributed by atoms with van der Waals surface area (Å²) >= 11 is 1.52. The summed E-state index contributed by atoms with van der Waals surface area (Å²) in [5.41, 5.74) is 2.71. The number of para-hydroxylation sites is 1. The molecule has 0 bridgehead atoms. The first kappa shape index (κ1) is 17.1. The zero-order valence-electron chi connectivity index (χ0n) is 14.5. The second-order valence-corrected chi connectivity index (χ2v) is 6.90. The van der Waals surface area contributed by atoms with Gasteiger partial charge in [-0.1, -0.05) is 12.1 Å². The van der Waals surface area contributed by atoms with Crippen molar-refractivity contribution in [1.29, 1.82) is 0 Å². The Morgan fingerprint density at radius 2 is 1.81 bits per heavy atom. The standard InChI is InChI=1S/C21H16N2O3S/c1-26-15-7-9-18(24)13(10-15)12-22-14-6-8-19(25)16(11-14)21-23-17-4-2-3-5-20(17)27-21/h2-12,24-25H,1H3. The van der Waals surface area contributed by atoms with Crippen molar-refractivity contribution >= 4 is 33.5 Å².